The Balaban J connectivity index is 2.26. The molecule has 1 saturated heterocycles. The van der Waals surface area contributed by atoms with Gasteiger partial charge in [0, 0.05) is 19.0 Å². The Bertz CT molecular complexity index is 282. The molecule has 1 N–H and O–H groups in total. The first kappa shape index (κ1) is 13.2. The molecule has 0 aromatic heterocycles. The molecule has 0 saturated carbocycles. The SMILES string of the molecule is CCN1CCC(CNS(=O)(=O)CCCl)C1. The van der Waals surface area contributed by atoms with E-state index >= 15 is 0 Å². The van der Waals surface area contributed by atoms with Crippen LogP contribution in [-0.4, -0.2) is 51.1 Å². The lowest BCUT2D eigenvalue weighted by Crippen LogP contribution is -2.33. The standard InChI is InChI=1S/C9H19ClN2O2S/c1-2-12-5-3-9(8-12)7-11-15(13,14)6-4-10/h9,11H,2-8H2,1H3. The van der Waals surface area contributed by atoms with Crippen LogP contribution in [0.4, 0.5) is 0 Å². The Labute approximate surface area is 97.0 Å². The fourth-order valence-corrected chi connectivity index (χ4v) is 3.23. The summed E-state index contributed by atoms with van der Waals surface area (Å²) >= 11 is 5.40. The van der Waals surface area contributed by atoms with Gasteiger partial charge in [-0.3, -0.25) is 0 Å². The molecule has 0 amide bonds. The molecular weight excluding hydrogens is 236 g/mol. The van der Waals surface area contributed by atoms with Gasteiger partial charge in [0.1, 0.15) is 0 Å². The summed E-state index contributed by atoms with van der Waals surface area (Å²) < 4.78 is 25.3. The van der Waals surface area contributed by atoms with Crippen molar-refractivity contribution in [1.29, 1.82) is 0 Å². The second-order valence-electron chi connectivity index (χ2n) is 3.90. The number of rotatable bonds is 6. The predicted octanol–water partition coefficient (Wildman–Crippen LogP) is 0.486. The lowest BCUT2D eigenvalue weighted by atomic mass is 10.1. The monoisotopic (exact) mass is 254 g/mol. The van der Waals surface area contributed by atoms with Crippen molar-refractivity contribution in [2.45, 2.75) is 13.3 Å². The third-order valence-corrected chi connectivity index (χ3v) is 4.52. The van der Waals surface area contributed by atoms with E-state index in [4.69, 9.17) is 11.6 Å². The summed E-state index contributed by atoms with van der Waals surface area (Å²) in [6.07, 6.45) is 1.08. The number of hydrogen-bond acceptors (Lipinski definition) is 3. The summed E-state index contributed by atoms with van der Waals surface area (Å²) in [6.45, 7) is 5.80. The van der Waals surface area contributed by atoms with Crippen LogP contribution in [0.5, 0.6) is 0 Å². The van der Waals surface area contributed by atoms with Gasteiger partial charge < -0.3 is 4.90 Å². The largest absolute Gasteiger partial charge is 0.303 e. The Morgan fingerprint density at radius 2 is 2.27 bits per heavy atom. The summed E-state index contributed by atoms with van der Waals surface area (Å²) in [5.74, 6) is 0.620. The number of nitrogens with one attached hydrogen (secondary N) is 1. The highest BCUT2D eigenvalue weighted by Gasteiger charge is 2.22. The van der Waals surface area contributed by atoms with Gasteiger partial charge in [-0.1, -0.05) is 6.92 Å². The first-order valence-electron chi connectivity index (χ1n) is 5.33. The van der Waals surface area contributed by atoms with E-state index in [2.05, 4.69) is 16.5 Å². The van der Waals surface area contributed by atoms with Gasteiger partial charge in [0.15, 0.2) is 0 Å². The minimum atomic E-state index is -3.14. The van der Waals surface area contributed by atoms with E-state index in [0.717, 1.165) is 26.1 Å². The summed E-state index contributed by atoms with van der Waals surface area (Å²) in [4.78, 5) is 2.33. The smallest absolute Gasteiger partial charge is 0.212 e. The Hall–Kier alpha value is 0.160. The third-order valence-electron chi connectivity index (χ3n) is 2.75. The van der Waals surface area contributed by atoms with Crippen LogP contribution in [-0.2, 0) is 10.0 Å². The zero-order chi connectivity index (χ0) is 11.3. The van der Waals surface area contributed by atoms with Crippen LogP contribution in [0.1, 0.15) is 13.3 Å². The van der Waals surface area contributed by atoms with Gasteiger partial charge in [-0.15, -0.1) is 11.6 Å². The van der Waals surface area contributed by atoms with Crippen LogP contribution >= 0.6 is 11.6 Å². The fraction of sp³-hybridized carbons (Fsp3) is 1.00. The molecule has 0 aromatic carbocycles. The van der Waals surface area contributed by atoms with E-state index in [1.54, 1.807) is 0 Å². The van der Waals surface area contributed by atoms with Crippen LogP contribution in [0.15, 0.2) is 0 Å². The summed E-state index contributed by atoms with van der Waals surface area (Å²) in [5, 5.41) is 0. The molecule has 1 atom stereocenters. The zero-order valence-corrected chi connectivity index (χ0v) is 10.6. The predicted molar refractivity (Wildman–Crippen MR) is 62.7 cm³/mol. The van der Waals surface area contributed by atoms with E-state index in [9.17, 15) is 8.42 Å². The molecule has 15 heavy (non-hydrogen) atoms. The molecule has 1 aliphatic rings. The van der Waals surface area contributed by atoms with Crippen molar-refractivity contribution in [3.05, 3.63) is 0 Å². The van der Waals surface area contributed by atoms with Crippen molar-refractivity contribution in [3.63, 3.8) is 0 Å². The molecule has 1 heterocycles. The van der Waals surface area contributed by atoms with Crippen molar-refractivity contribution < 1.29 is 8.42 Å². The van der Waals surface area contributed by atoms with Crippen LogP contribution in [0.25, 0.3) is 0 Å². The number of alkyl halides is 1. The lowest BCUT2D eigenvalue weighted by Gasteiger charge is -2.13. The normalized spacial score (nSPS) is 23.5. The van der Waals surface area contributed by atoms with E-state index in [1.807, 2.05) is 0 Å². The molecule has 0 aliphatic carbocycles. The molecule has 0 bridgehead atoms. The third kappa shape index (κ3) is 4.68. The maximum Gasteiger partial charge on any atom is 0.212 e. The van der Waals surface area contributed by atoms with Crippen LogP contribution in [0.2, 0.25) is 0 Å². The van der Waals surface area contributed by atoms with Gasteiger partial charge >= 0.3 is 0 Å². The second kappa shape index (κ2) is 6.03. The van der Waals surface area contributed by atoms with E-state index in [0.29, 0.717) is 12.5 Å². The topological polar surface area (TPSA) is 49.4 Å². The first-order chi connectivity index (χ1) is 7.07. The molecule has 6 heteroatoms. The minimum Gasteiger partial charge on any atom is -0.303 e. The molecular formula is C9H19ClN2O2S. The van der Waals surface area contributed by atoms with Crippen molar-refractivity contribution in [2.24, 2.45) is 5.92 Å². The van der Waals surface area contributed by atoms with Gasteiger partial charge in [-0.05, 0) is 25.4 Å². The highest BCUT2D eigenvalue weighted by atomic mass is 35.5. The van der Waals surface area contributed by atoms with Crippen LogP contribution in [0, 0.1) is 5.92 Å². The van der Waals surface area contributed by atoms with Crippen LogP contribution in [0.3, 0.4) is 0 Å². The van der Waals surface area contributed by atoms with Gasteiger partial charge in [0.25, 0.3) is 0 Å². The summed E-state index contributed by atoms with van der Waals surface area (Å²) in [5.41, 5.74) is 0. The second-order valence-corrected chi connectivity index (χ2v) is 6.21. The lowest BCUT2D eigenvalue weighted by molar-refractivity contribution is 0.342. The quantitative estimate of drug-likeness (QED) is 0.702. The molecule has 4 nitrogen and oxygen atoms in total. The fourth-order valence-electron chi connectivity index (χ4n) is 1.79. The number of nitrogens with zero attached hydrogens (tertiary/aromatic N) is 1. The summed E-state index contributed by atoms with van der Waals surface area (Å²) in [6, 6.07) is 0. The number of sulfonamides is 1. The van der Waals surface area contributed by atoms with Gasteiger partial charge in [-0.25, -0.2) is 13.1 Å². The average Bonchev–Trinajstić information content (AvgIpc) is 2.62. The number of hydrogen-bond donors (Lipinski definition) is 1. The molecule has 1 fully saturated rings. The van der Waals surface area contributed by atoms with Crippen molar-refractivity contribution >= 4 is 21.6 Å². The molecule has 0 spiro atoms. The maximum atomic E-state index is 11.3. The molecule has 0 aromatic rings. The van der Waals surface area contributed by atoms with Gasteiger partial charge in [-0.2, -0.15) is 0 Å². The molecule has 1 unspecified atom stereocenters. The number of halogens is 1. The van der Waals surface area contributed by atoms with Crippen molar-refractivity contribution in [3.8, 4) is 0 Å². The first-order valence-corrected chi connectivity index (χ1v) is 7.51. The Kier molecular flexibility index (Phi) is 5.32. The molecule has 90 valence electrons. The molecule has 1 aliphatic heterocycles. The van der Waals surface area contributed by atoms with E-state index < -0.39 is 10.0 Å². The number of likely N-dealkylation sites (tertiary alicyclic amines) is 1. The van der Waals surface area contributed by atoms with Gasteiger partial charge in [0.2, 0.25) is 10.0 Å². The van der Waals surface area contributed by atoms with Gasteiger partial charge in [0.05, 0.1) is 5.75 Å². The highest BCUT2D eigenvalue weighted by Crippen LogP contribution is 2.14. The van der Waals surface area contributed by atoms with Crippen LogP contribution < -0.4 is 4.72 Å². The Morgan fingerprint density at radius 3 is 2.80 bits per heavy atom. The minimum absolute atomic E-state index is 0.0127. The maximum absolute atomic E-state index is 11.3. The highest BCUT2D eigenvalue weighted by molar-refractivity contribution is 7.89. The molecule has 0 radical (unpaired) electrons. The average molecular weight is 255 g/mol. The van der Waals surface area contributed by atoms with E-state index in [-0.39, 0.29) is 11.6 Å². The van der Waals surface area contributed by atoms with E-state index in [1.165, 1.54) is 0 Å². The van der Waals surface area contributed by atoms with Crippen molar-refractivity contribution in [2.75, 3.05) is 37.8 Å². The Morgan fingerprint density at radius 1 is 1.53 bits per heavy atom. The molecule has 1 rings (SSSR count). The zero-order valence-electron chi connectivity index (χ0n) is 9.08. The summed E-state index contributed by atoms with van der Waals surface area (Å²) in [7, 11) is -3.14. The van der Waals surface area contributed by atoms with Crippen molar-refractivity contribution in [1.82, 2.24) is 9.62 Å².